The van der Waals surface area contributed by atoms with E-state index in [2.05, 4.69) is 26.1 Å². The lowest BCUT2D eigenvalue weighted by Crippen LogP contribution is -2.42. The number of aromatic nitrogens is 1. The van der Waals surface area contributed by atoms with Crippen molar-refractivity contribution in [2.24, 2.45) is 5.41 Å². The zero-order valence-corrected chi connectivity index (χ0v) is 14.7. The van der Waals surface area contributed by atoms with Gasteiger partial charge in [-0.05, 0) is 63.3 Å². The SMILES string of the molecule is CCCNC1(c2nc3c(s2)CCC3)CCCC(C)(C)CC1. The Bertz CT molecular complexity index is 470. The van der Waals surface area contributed by atoms with Crippen LogP contribution in [-0.4, -0.2) is 11.5 Å². The Morgan fingerprint density at radius 3 is 2.71 bits per heavy atom. The molecule has 3 heteroatoms. The molecule has 0 aliphatic heterocycles. The van der Waals surface area contributed by atoms with Crippen molar-refractivity contribution in [2.75, 3.05) is 6.54 Å². The average molecular weight is 307 g/mol. The topological polar surface area (TPSA) is 24.9 Å². The molecule has 0 spiro atoms. The van der Waals surface area contributed by atoms with Crippen LogP contribution in [0.15, 0.2) is 0 Å². The van der Waals surface area contributed by atoms with Crippen LogP contribution in [0.3, 0.4) is 0 Å². The summed E-state index contributed by atoms with van der Waals surface area (Å²) in [5.41, 5.74) is 2.07. The highest BCUT2D eigenvalue weighted by molar-refractivity contribution is 7.12. The highest BCUT2D eigenvalue weighted by Gasteiger charge is 2.39. The van der Waals surface area contributed by atoms with Gasteiger partial charge < -0.3 is 5.32 Å². The minimum atomic E-state index is 0.165. The van der Waals surface area contributed by atoms with Gasteiger partial charge in [0.2, 0.25) is 0 Å². The van der Waals surface area contributed by atoms with Crippen molar-refractivity contribution in [1.82, 2.24) is 10.3 Å². The van der Waals surface area contributed by atoms with Crippen LogP contribution in [0.2, 0.25) is 0 Å². The number of rotatable bonds is 4. The molecular formula is C18H30N2S. The Kier molecular flexibility index (Phi) is 4.42. The van der Waals surface area contributed by atoms with Crippen molar-refractivity contribution in [1.29, 1.82) is 0 Å². The molecule has 1 unspecified atom stereocenters. The third-order valence-corrected chi connectivity index (χ3v) is 6.77. The van der Waals surface area contributed by atoms with Crippen LogP contribution in [0.4, 0.5) is 0 Å². The predicted molar refractivity (Wildman–Crippen MR) is 91.0 cm³/mol. The van der Waals surface area contributed by atoms with Gasteiger partial charge in [-0.3, -0.25) is 0 Å². The third kappa shape index (κ3) is 3.19. The number of nitrogens with zero attached hydrogens (tertiary/aromatic N) is 1. The molecule has 118 valence electrons. The van der Waals surface area contributed by atoms with Crippen molar-refractivity contribution >= 4 is 11.3 Å². The summed E-state index contributed by atoms with van der Waals surface area (Å²) in [4.78, 5) is 6.66. The van der Waals surface area contributed by atoms with Gasteiger partial charge in [-0.25, -0.2) is 4.98 Å². The maximum Gasteiger partial charge on any atom is 0.113 e. The summed E-state index contributed by atoms with van der Waals surface area (Å²) in [6.45, 7) is 8.25. The summed E-state index contributed by atoms with van der Waals surface area (Å²) in [5, 5.41) is 5.32. The molecule has 0 amide bonds. The second kappa shape index (κ2) is 6.00. The summed E-state index contributed by atoms with van der Waals surface area (Å²) in [5.74, 6) is 0. The number of thiazole rings is 1. The molecular weight excluding hydrogens is 276 g/mol. The number of nitrogens with one attached hydrogen (secondary N) is 1. The molecule has 3 rings (SSSR count). The summed E-state index contributed by atoms with van der Waals surface area (Å²) >= 11 is 2.01. The largest absolute Gasteiger partial charge is 0.305 e. The fourth-order valence-electron chi connectivity index (χ4n) is 3.90. The molecule has 0 saturated heterocycles. The van der Waals surface area contributed by atoms with Gasteiger partial charge in [-0.2, -0.15) is 0 Å². The van der Waals surface area contributed by atoms with Crippen LogP contribution in [0.5, 0.6) is 0 Å². The van der Waals surface area contributed by atoms with Crippen molar-refractivity contribution in [3.63, 3.8) is 0 Å². The first-order chi connectivity index (χ1) is 10.0. The summed E-state index contributed by atoms with van der Waals surface area (Å²) in [6, 6.07) is 0. The molecule has 21 heavy (non-hydrogen) atoms. The molecule has 0 bridgehead atoms. The quantitative estimate of drug-likeness (QED) is 0.807. The fraction of sp³-hybridized carbons (Fsp3) is 0.833. The van der Waals surface area contributed by atoms with Crippen molar-refractivity contribution in [2.45, 2.75) is 84.1 Å². The standard InChI is InChI=1S/C18H30N2S/c1-4-13-19-18(10-6-9-17(2,3)11-12-18)16-20-14-7-5-8-15(14)21-16/h19H,4-13H2,1-3H3. The molecule has 1 aromatic rings. The van der Waals surface area contributed by atoms with Crippen LogP contribution < -0.4 is 5.32 Å². The zero-order chi connectivity index (χ0) is 14.9. The minimum Gasteiger partial charge on any atom is -0.305 e. The Morgan fingerprint density at radius 2 is 1.95 bits per heavy atom. The van der Waals surface area contributed by atoms with E-state index in [4.69, 9.17) is 4.98 Å². The lowest BCUT2D eigenvalue weighted by atomic mass is 9.83. The van der Waals surface area contributed by atoms with Crippen LogP contribution in [0.25, 0.3) is 0 Å². The zero-order valence-electron chi connectivity index (χ0n) is 13.9. The maximum atomic E-state index is 5.08. The van der Waals surface area contributed by atoms with Gasteiger partial charge in [0.1, 0.15) is 5.01 Å². The first-order valence-electron chi connectivity index (χ1n) is 8.79. The lowest BCUT2D eigenvalue weighted by Gasteiger charge is -2.33. The second-order valence-corrected chi connectivity index (χ2v) is 8.85. The van der Waals surface area contributed by atoms with E-state index in [0.717, 1.165) is 6.54 Å². The Labute approximate surface area is 133 Å². The number of hydrogen-bond donors (Lipinski definition) is 1. The summed E-state index contributed by atoms with van der Waals surface area (Å²) in [6.07, 6.45) is 11.5. The third-order valence-electron chi connectivity index (χ3n) is 5.40. The van der Waals surface area contributed by atoms with E-state index in [-0.39, 0.29) is 5.54 Å². The highest BCUT2D eigenvalue weighted by atomic mass is 32.1. The molecule has 1 saturated carbocycles. The van der Waals surface area contributed by atoms with E-state index in [1.807, 2.05) is 11.3 Å². The molecule has 1 N–H and O–H groups in total. The van der Waals surface area contributed by atoms with Crippen molar-refractivity contribution < 1.29 is 0 Å². The first-order valence-corrected chi connectivity index (χ1v) is 9.60. The second-order valence-electron chi connectivity index (χ2n) is 7.77. The molecule has 1 atom stereocenters. The van der Waals surface area contributed by atoms with Gasteiger partial charge in [-0.15, -0.1) is 11.3 Å². The minimum absolute atomic E-state index is 0.165. The molecule has 2 aliphatic rings. The smallest absolute Gasteiger partial charge is 0.113 e. The van der Waals surface area contributed by atoms with Crippen LogP contribution in [0.1, 0.15) is 81.3 Å². The van der Waals surface area contributed by atoms with E-state index in [9.17, 15) is 0 Å². The summed E-state index contributed by atoms with van der Waals surface area (Å²) in [7, 11) is 0. The maximum absolute atomic E-state index is 5.08. The van der Waals surface area contributed by atoms with Crippen LogP contribution in [0, 0.1) is 5.41 Å². The first kappa shape index (κ1) is 15.5. The summed E-state index contributed by atoms with van der Waals surface area (Å²) < 4.78 is 0. The van der Waals surface area contributed by atoms with Gasteiger partial charge >= 0.3 is 0 Å². The van der Waals surface area contributed by atoms with E-state index in [1.165, 1.54) is 68.5 Å². The molecule has 2 nitrogen and oxygen atoms in total. The number of fused-ring (bicyclic) bond motifs is 1. The molecule has 2 aliphatic carbocycles. The van der Waals surface area contributed by atoms with E-state index < -0.39 is 0 Å². The van der Waals surface area contributed by atoms with Gasteiger partial charge in [0.25, 0.3) is 0 Å². The number of aryl methyl sites for hydroxylation is 2. The van der Waals surface area contributed by atoms with Gasteiger partial charge in [-0.1, -0.05) is 27.2 Å². The molecule has 0 aromatic carbocycles. The molecule has 0 radical (unpaired) electrons. The highest BCUT2D eigenvalue weighted by Crippen LogP contribution is 2.45. The Morgan fingerprint density at radius 1 is 1.10 bits per heavy atom. The van der Waals surface area contributed by atoms with E-state index in [1.54, 1.807) is 4.88 Å². The van der Waals surface area contributed by atoms with Crippen molar-refractivity contribution in [3.8, 4) is 0 Å². The van der Waals surface area contributed by atoms with Gasteiger partial charge in [0.15, 0.2) is 0 Å². The van der Waals surface area contributed by atoms with Crippen LogP contribution in [-0.2, 0) is 18.4 Å². The molecule has 1 fully saturated rings. The van der Waals surface area contributed by atoms with Crippen molar-refractivity contribution in [3.05, 3.63) is 15.6 Å². The van der Waals surface area contributed by atoms with Gasteiger partial charge in [0, 0.05) is 4.88 Å². The van der Waals surface area contributed by atoms with Gasteiger partial charge in [0.05, 0.1) is 11.2 Å². The normalized spacial score (nSPS) is 28.3. The average Bonchev–Trinajstić information content (AvgIpc) is 2.99. The predicted octanol–water partition coefficient (Wildman–Crippen LogP) is 4.82. The number of hydrogen-bond acceptors (Lipinski definition) is 3. The molecule has 1 aromatic heterocycles. The lowest BCUT2D eigenvalue weighted by molar-refractivity contribution is 0.264. The van der Waals surface area contributed by atoms with Crippen LogP contribution >= 0.6 is 11.3 Å². The van der Waals surface area contributed by atoms with E-state index >= 15 is 0 Å². The molecule has 1 heterocycles. The monoisotopic (exact) mass is 306 g/mol. The fourth-order valence-corrected chi connectivity index (χ4v) is 5.27. The van der Waals surface area contributed by atoms with E-state index in [0.29, 0.717) is 5.41 Å². The Balaban J connectivity index is 1.88. The Hall–Kier alpha value is -0.410.